The third-order valence-corrected chi connectivity index (χ3v) is 4.10. The smallest absolute Gasteiger partial charge is 0.143 e. The van der Waals surface area contributed by atoms with Crippen molar-refractivity contribution in [2.45, 2.75) is 17.9 Å². The number of rotatable bonds is 6. The molecule has 0 aliphatic heterocycles. The second-order valence-electron chi connectivity index (χ2n) is 3.88. The van der Waals surface area contributed by atoms with Crippen molar-refractivity contribution >= 4 is 10.2 Å². The van der Waals surface area contributed by atoms with E-state index >= 15 is 0 Å². The maximum Gasteiger partial charge on any atom is 0.143 e. The summed E-state index contributed by atoms with van der Waals surface area (Å²) in [5, 5.41) is 0. The van der Waals surface area contributed by atoms with E-state index in [1.54, 1.807) is 21.3 Å². The molecule has 0 aliphatic rings. The van der Waals surface area contributed by atoms with Gasteiger partial charge in [0, 0.05) is 27.8 Å². The number of hydrogen-bond donors (Lipinski definition) is 0. The molecule has 0 N–H and O–H groups in total. The van der Waals surface area contributed by atoms with Crippen molar-refractivity contribution in [1.29, 1.82) is 0 Å². The van der Waals surface area contributed by atoms with Crippen LogP contribution in [0.3, 0.4) is 0 Å². The zero-order valence-electron chi connectivity index (χ0n) is 10.4. The standard InChI is InChI=1S/C12H20O3Si/c1-13-11(9-12(16,14-2)15-3)10-7-5-4-6-8-10/h4-8,11H,9H2,1-3,16H3. The van der Waals surface area contributed by atoms with Crippen molar-refractivity contribution in [3.8, 4) is 0 Å². The average molecular weight is 240 g/mol. The summed E-state index contributed by atoms with van der Waals surface area (Å²) in [4.78, 5) is 0. The number of methoxy groups -OCH3 is 3. The number of benzene rings is 1. The average Bonchev–Trinajstić information content (AvgIpc) is 2.36. The minimum Gasteiger partial charge on any atom is -0.377 e. The zero-order valence-corrected chi connectivity index (χ0v) is 12.4. The van der Waals surface area contributed by atoms with Crippen LogP contribution >= 0.6 is 0 Å². The van der Waals surface area contributed by atoms with Crippen molar-refractivity contribution < 1.29 is 14.2 Å². The van der Waals surface area contributed by atoms with Crippen molar-refractivity contribution in [3.63, 3.8) is 0 Å². The highest BCUT2D eigenvalue weighted by Gasteiger charge is 2.28. The molecule has 16 heavy (non-hydrogen) atoms. The summed E-state index contributed by atoms with van der Waals surface area (Å²) in [6.45, 7) is 0. The lowest BCUT2D eigenvalue weighted by Gasteiger charge is -2.30. The minimum atomic E-state index is -0.476. The van der Waals surface area contributed by atoms with Gasteiger partial charge in [0.1, 0.15) is 5.41 Å². The van der Waals surface area contributed by atoms with E-state index in [1.807, 2.05) is 18.2 Å². The molecular formula is C12H20O3Si. The van der Waals surface area contributed by atoms with E-state index in [0.29, 0.717) is 6.42 Å². The second kappa shape index (κ2) is 6.15. The summed E-state index contributed by atoms with van der Waals surface area (Å²) in [5.74, 6) is 0. The van der Waals surface area contributed by atoms with E-state index in [9.17, 15) is 0 Å². The van der Waals surface area contributed by atoms with Gasteiger partial charge in [-0.2, -0.15) is 0 Å². The molecular weight excluding hydrogens is 220 g/mol. The highest BCUT2D eigenvalue weighted by atomic mass is 28.1. The molecule has 0 heterocycles. The van der Waals surface area contributed by atoms with Crippen LogP contribution < -0.4 is 0 Å². The Kier molecular flexibility index (Phi) is 5.14. The Balaban J connectivity index is 2.77. The van der Waals surface area contributed by atoms with E-state index in [4.69, 9.17) is 14.2 Å². The van der Waals surface area contributed by atoms with Gasteiger partial charge >= 0.3 is 0 Å². The first kappa shape index (κ1) is 13.4. The monoisotopic (exact) mass is 240 g/mol. The third-order valence-electron chi connectivity index (χ3n) is 2.88. The Morgan fingerprint density at radius 3 is 2.12 bits per heavy atom. The van der Waals surface area contributed by atoms with Crippen molar-refractivity contribution in [2.75, 3.05) is 21.3 Å². The minimum absolute atomic E-state index is 0.0126. The highest BCUT2D eigenvalue weighted by molar-refractivity contribution is 6.13. The molecule has 3 nitrogen and oxygen atoms in total. The molecule has 1 atom stereocenters. The Bertz CT molecular complexity index is 298. The van der Waals surface area contributed by atoms with E-state index in [-0.39, 0.29) is 6.10 Å². The lowest BCUT2D eigenvalue weighted by Crippen LogP contribution is -2.36. The van der Waals surface area contributed by atoms with Gasteiger partial charge in [-0.05, 0) is 5.56 Å². The molecule has 1 unspecified atom stereocenters. The Morgan fingerprint density at radius 2 is 1.69 bits per heavy atom. The van der Waals surface area contributed by atoms with Crippen LogP contribution in [-0.4, -0.2) is 37.0 Å². The summed E-state index contributed by atoms with van der Waals surface area (Å²) in [7, 11) is 5.86. The van der Waals surface area contributed by atoms with Crippen LogP contribution in [0.15, 0.2) is 30.3 Å². The lowest BCUT2D eigenvalue weighted by atomic mass is 10.1. The van der Waals surface area contributed by atoms with Gasteiger partial charge in [0.05, 0.1) is 16.3 Å². The molecule has 0 saturated carbocycles. The van der Waals surface area contributed by atoms with Gasteiger partial charge in [-0.15, -0.1) is 0 Å². The summed E-state index contributed by atoms with van der Waals surface area (Å²) < 4.78 is 16.3. The zero-order chi connectivity index (χ0) is 12.0. The van der Waals surface area contributed by atoms with Gasteiger partial charge in [-0.1, -0.05) is 30.3 Å². The SMILES string of the molecule is COC(CC([SiH3])(OC)OC)c1ccccc1. The third kappa shape index (κ3) is 3.42. The number of ether oxygens (including phenoxy) is 3. The molecule has 0 radical (unpaired) electrons. The first-order valence-electron chi connectivity index (χ1n) is 5.33. The van der Waals surface area contributed by atoms with Crippen molar-refractivity contribution in [1.82, 2.24) is 0 Å². The van der Waals surface area contributed by atoms with Gasteiger partial charge < -0.3 is 14.2 Å². The molecule has 4 heteroatoms. The van der Waals surface area contributed by atoms with Crippen molar-refractivity contribution in [2.24, 2.45) is 0 Å². The van der Waals surface area contributed by atoms with Gasteiger partial charge in [0.15, 0.2) is 0 Å². The van der Waals surface area contributed by atoms with Crippen LogP contribution in [0.25, 0.3) is 0 Å². The quantitative estimate of drug-likeness (QED) is 0.550. The van der Waals surface area contributed by atoms with E-state index in [1.165, 1.54) is 0 Å². The van der Waals surface area contributed by atoms with Crippen molar-refractivity contribution in [3.05, 3.63) is 35.9 Å². The van der Waals surface area contributed by atoms with E-state index in [0.717, 1.165) is 15.8 Å². The van der Waals surface area contributed by atoms with Crippen LogP contribution in [0.4, 0.5) is 0 Å². The number of hydrogen-bond acceptors (Lipinski definition) is 3. The van der Waals surface area contributed by atoms with Gasteiger partial charge in [0.25, 0.3) is 0 Å². The van der Waals surface area contributed by atoms with Crippen LogP contribution in [0.2, 0.25) is 0 Å². The molecule has 1 rings (SSSR count). The first-order valence-corrected chi connectivity index (χ1v) is 6.33. The van der Waals surface area contributed by atoms with Gasteiger partial charge in [-0.25, -0.2) is 0 Å². The summed E-state index contributed by atoms with van der Waals surface area (Å²) >= 11 is 0. The fourth-order valence-electron chi connectivity index (χ4n) is 1.59. The van der Waals surface area contributed by atoms with Gasteiger partial charge in [-0.3, -0.25) is 0 Å². The summed E-state index contributed by atoms with van der Waals surface area (Å²) in [6, 6.07) is 10.1. The Labute approximate surface area is 100 Å². The summed E-state index contributed by atoms with van der Waals surface area (Å²) in [5.41, 5.74) is 0.676. The van der Waals surface area contributed by atoms with Crippen LogP contribution in [-0.2, 0) is 14.2 Å². The largest absolute Gasteiger partial charge is 0.377 e. The Morgan fingerprint density at radius 1 is 1.12 bits per heavy atom. The molecule has 1 aromatic carbocycles. The molecule has 0 amide bonds. The Hall–Kier alpha value is -0.683. The normalized spacial score (nSPS) is 13.9. The predicted octanol–water partition coefficient (Wildman–Crippen LogP) is 1.08. The first-order chi connectivity index (χ1) is 7.65. The van der Waals surface area contributed by atoms with Crippen LogP contribution in [0.1, 0.15) is 18.1 Å². The molecule has 1 aromatic rings. The van der Waals surface area contributed by atoms with Crippen LogP contribution in [0.5, 0.6) is 0 Å². The molecule has 90 valence electrons. The maximum atomic E-state index is 5.50. The molecule has 0 bridgehead atoms. The topological polar surface area (TPSA) is 27.7 Å². The molecule has 0 aromatic heterocycles. The van der Waals surface area contributed by atoms with E-state index in [2.05, 4.69) is 12.1 Å². The second-order valence-corrected chi connectivity index (χ2v) is 5.40. The lowest BCUT2D eigenvalue weighted by molar-refractivity contribution is -0.163. The summed E-state index contributed by atoms with van der Waals surface area (Å²) in [6.07, 6.45) is 0.728. The molecule has 0 spiro atoms. The predicted molar refractivity (Wildman–Crippen MR) is 67.5 cm³/mol. The highest BCUT2D eigenvalue weighted by Crippen LogP contribution is 2.27. The molecule has 0 aliphatic carbocycles. The fourth-order valence-corrected chi connectivity index (χ4v) is 1.96. The molecule has 0 fully saturated rings. The van der Waals surface area contributed by atoms with Gasteiger partial charge in [0.2, 0.25) is 0 Å². The molecule has 0 saturated heterocycles. The van der Waals surface area contributed by atoms with E-state index < -0.39 is 5.41 Å². The van der Waals surface area contributed by atoms with Crippen LogP contribution in [0, 0.1) is 0 Å². The maximum absolute atomic E-state index is 5.50. The fraction of sp³-hybridized carbons (Fsp3) is 0.500.